The van der Waals surface area contributed by atoms with Crippen LogP contribution < -0.4 is 0 Å². The van der Waals surface area contributed by atoms with Crippen molar-refractivity contribution in [1.82, 2.24) is 19.8 Å². The van der Waals surface area contributed by atoms with E-state index in [1.165, 1.54) is 0 Å². The van der Waals surface area contributed by atoms with Crippen LogP contribution in [0.5, 0.6) is 0 Å². The third kappa shape index (κ3) is 3.75. The smallest absolute Gasteiger partial charge is 0.222 e. The van der Waals surface area contributed by atoms with Crippen LogP contribution in [0.3, 0.4) is 0 Å². The lowest BCUT2D eigenvalue weighted by atomic mass is 10.0. The molecule has 0 radical (unpaired) electrons. The summed E-state index contributed by atoms with van der Waals surface area (Å²) in [5.74, 6) is 1.19. The first kappa shape index (κ1) is 17.3. The molecule has 3 rings (SSSR count). The molecule has 1 fully saturated rings. The Morgan fingerprint density at radius 1 is 1.29 bits per heavy atom. The first-order valence-electron chi connectivity index (χ1n) is 8.63. The number of imidazole rings is 1. The SMILES string of the molecule is C[C@@H]1[C@H](C)N(C)CCN1C(=O)CCCSc1nc2ccccc2[nH]1. The Morgan fingerprint density at radius 3 is 2.88 bits per heavy atom. The summed E-state index contributed by atoms with van der Waals surface area (Å²) in [4.78, 5) is 24.7. The Hall–Kier alpha value is -1.53. The van der Waals surface area contributed by atoms with Gasteiger partial charge in [0.15, 0.2) is 5.16 Å². The third-order valence-corrected chi connectivity index (χ3v) is 6.00. The van der Waals surface area contributed by atoms with Crippen LogP contribution in [0.4, 0.5) is 0 Å². The zero-order valence-corrected chi connectivity index (χ0v) is 15.5. The van der Waals surface area contributed by atoms with Crippen molar-refractivity contribution >= 4 is 28.7 Å². The fourth-order valence-electron chi connectivity index (χ4n) is 3.19. The highest BCUT2D eigenvalue weighted by Gasteiger charge is 2.30. The van der Waals surface area contributed by atoms with Gasteiger partial charge in [-0.05, 0) is 39.4 Å². The van der Waals surface area contributed by atoms with Crippen LogP contribution in [0, 0.1) is 0 Å². The molecule has 2 aromatic rings. The maximum absolute atomic E-state index is 12.5. The normalized spacial score (nSPS) is 22.2. The topological polar surface area (TPSA) is 52.2 Å². The van der Waals surface area contributed by atoms with Crippen LogP contribution in [-0.2, 0) is 4.79 Å². The number of nitrogens with zero attached hydrogens (tertiary/aromatic N) is 3. The Morgan fingerprint density at radius 2 is 2.08 bits per heavy atom. The number of aromatic nitrogens is 2. The molecular formula is C18H26N4OS. The van der Waals surface area contributed by atoms with Crippen LogP contribution in [0.2, 0.25) is 0 Å². The zero-order chi connectivity index (χ0) is 17.1. The van der Waals surface area contributed by atoms with Gasteiger partial charge >= 0.3 is 0 Å². The van der Waals surface area contributed by atoms with Gasteiger partial charge in [-0.15, -0.1) is 0 Å². The number of rotatable bonds is 5. The minimum Gasteiger partial charge on any atom is -0.337 e. The molecule has 1 aliphatic heterocycles. The molecule has 0 spiro atoms. The van der Waals surface area contributed by atoms with Crippen molar-refractivity contribution in [2.24, 2.45) is 0 Å². The fourth-order valence-corrected chi connectivity index (χ4v) is 4.01. The summed E-state index contributed by atoms with van der Waals surface area (Å²) < 4.78 is 0. The number of H-pyrrole nitrogens is 1. The second kappa shape index (κ2) is 7.57. The van der Waals surface area contributed by atoms with Gasteiger partial charge < -0.3 is 9.88 Å². The molecule has 0 saturated carbocycles. The number of benzene rings is 1. The number of hydrogen-bond donors (Lipinski definition) is 1. The average molecular weight is 346 g/mol. The minimum atomic E-state index is 0.285. The van der Waals surface area contributed by atoms with E-state index in [1.807, 2.05) is 24.3 Å². The molecule has 0 unspecified atom stereocenters. The van der Waals surface area contributed by atoms with E-state index in [1.54, 1.807) is 11.8 Å². The number of thioether (sulfide) groups is 1. The molecule has 2 atom stereocenters. The van der Waals surface area contributed by atoms with Crippen molar-refractivity contribution < 1.29 is 4.79 Å². The van der Waals surface area contributed by atoms with E-state index in [9.17, 15) is 4.79 Å². The van der Waals surface area contributed by atoms with Crippen LogP contribution >= 0.6 is 11.8 Å². The highest BCUT2D eigenvalue weighted by molar-refractivity contribution is 7.99. The van der Waals surface area contributed by atoms with Gasteiger partial charge in [-0.25, -0.2) is 4.98 Å². The second-order valence-corrected chi connectivity index (χ2v) is 7.64. The second-order valence-electron chi connectivity index (χ2n) is 6.56. The van der Waals surface area contributed by atoms with Crippen molar-refractivity contribution in [2.75, 3.05) is 25.9 Å². The number of aromatic amines is 1. The number of amides is 1. The van der Waals surface area contributed by atoms with Crippen LogP contribution in [-0.4, -0.2) is 63.6 Å². The number of para-hydroxylation sites is 2. The van der Waals surface area contributed by atoms with E-state index < -0.39 is 0 Å². The molecule has 1 amide bonds. The molecule has 2 heterocycles. The summed E-state index contributed by atoms with van der Waals surface area (Å²) in [6.07, 6.45) is 1.50. The third-order valence-electron chi connectivity index (χ3n) is 5.04. The molecule has 1 aliphatic rings. The monoisotopic (exact) mass is 346 g/mol. The Balaban J connectivity index is 1.45. The molecule has 1 aromatic carbocycles. The number of hydrogen-bond acceptors (Lipinski definition) is 4. The van der Waals surface area contributed by atoms with Crippen molar-refractivity contribution in [3.63, 3.8) is 0 Å². The van der Waals surface area contributed by atoms with E-state index in [-0.39, 0.29) is 5.91 Å². The van der Waals surface area contributed by atoms with Crippen molar-refractivity contribution in [3.8, 4) is 0 Å². The lowest BCUT2D eigenvalue weighted by Crippen LogP contribution is -2.57. The highest BCUT2D eigenvalue weighted by atomic mass is 32.2. The lowest BCUT2D eigenvalue weighted by Gasteiger charge is -2.43. The summed E-state index contributed by atoms with van der Waals surface area (Å²) in [5, 5.41) is 0.935. The Labute approximate surface area is 147 Å². The van der Waals surface area contributed by atoms with Crippen LogP contribution in [0.15, 0.2) is 29.4 Å². The number of carbonyl (C=O) groups excluding carboxylic acids is 1. The van der Waals surface area contributed by atoms with E-state index in [2.05, 4.69) is 40.7 Å². The zero-order valence-electron chi connectivity index (χ0n) is 14.7. The van der Waals surface area contributed by atoms with Crippen LogP contribution in [0.1, 0.15) is 26.7 Å². The fraction of sp³-hybridized carbons (Fsp3) is 0.556. The highest BCUT2D eigenvalue weighted by Crippen LogP contribution is 2.21. The summed E-state index contributed by atoms with van der Waals surface area (Å²) in [5.41, 5.74) is 2.06. The lowest BCUT2D eigenvalue weighted by molar-refractivity contribution is -0.137. The minimum absolute atomic E-state index is 0.285. The van der Waals surface area contributed by atoms with Crippen molar-refractivity contribution in [3.05, 3.63) is 24.3 Å². The number of likely N-dealkylation sites (N-methyl/N-ethyl adjacent to an activating group) is 1. The quantitative estimate of drug-likeness (QED) is 0.668. The molecular weight excluding hydrogens is 320 g/mol. The van der Waals surface area contributed by atoms with Crippen molar-refractivity contribution in [2.45, 2.75) is 43.9 Å². The maximum Gasteiger partial charge on any atom is 0.222 e. The standard InChI is InChI=1S/C18H26N4OS/c1-13-14(2)22(11-10-21(13)3)17(23)9-6-12-24-18-19-15-7-4-5-8-16(15)20-18/h4-5,7-8,13-14H,6,9-12H2,1-3H3,(H,19,20)/t13-,14+/m0/s1. The number of nitrogens with one attached hydrogen (secondary N) is 1. The number of piperazine rings is 1. The molecule has 1 saturated heterocycles. The predicted molar refractivity (Wildman–Crippen MR) is 99.3 cm³/mol. The summed E-state index contributed by atoms with van der Waals surface area (Å²) >= 11 is 1.69. The van der Waals surface area contributed by atoms with Gasteiger partial charge in [-0.2, -0.15) is 0 Å². The average Bonchev–Trinajstić information content (AvgIpc) is 2.99. The molecule has 130 valence electrons. The van der Waals surface area contributed by atoms with Gasteiger partial charge in [0.05, 0.1) is 11.0 Å². The first-order valence-corrected chi connectivity index (χ1v) is 9.62. The Bertz CT molecular complexity index is 668. The molecule has 5 nitrogen and oxygen atoms in total. The first-order chi connectivity index (χ1) is 11.6. The maximum atomic E-state index is 12.5. The number of fused-ring (bicyclic) bond motifs is 1. The van der Waals surface area contributed by atoms with Crippen molar-refractivity contribution in [1.29, 1.82) is 0 Å². The number of carbonyl (C=O) groups is 1. The summed E-state index contributed by atoms with van der Waals surface area (Å²) in [6.45, 7) is 6.16. The largest absolute Gasteiger partial charge is 0.337 e. The Kier molecular flexibility index (Phi) is 5.46. The van der Waals surface area contributed by atoms with Gasteiger partial charge in [0.1, 0.15) is 0 Å². The van der Waals surface area contributed by atoms with Gasteiger partial charge in [0.2, 0.25) is 5.91 Å². The summed E-state index contributed by atoms with van der Waals surface area (Å²) in [6, 6.07) is 8.76. The molecule has 24 heavy (non-hydrogen) atoms. The van der Waals surface area contributed by atoms with Gasteiger partial charge in [-0.1, -0.05) is 23.9 Å². The van der Waals surface area contributed by atoms with Gasteiger partial charge in [0.25, 0.3) is 0 Å². The van der Waals surface area contributed by atoms with E-state index >= 15 is 0 Å². The molecule has 6 heteroatoms. The molecule has 0 bridgehead atoms. The molecule has 0 aliphatic carbocycles. The van der Waals surface area contributed by atoms with E-state index in [0.29, 0.717) is 18.5 Å². The van der Waals surface area contributed by atoms with Crippen LogP contribution in [0.25, 0.3) is 11.0 Å². The van der Waals surface area contributed by atoms with Gasteiger partial charge in [-0.3, -0.25) is 9.69 Å². The van der Waals surface area contributed by atoms with E-state index in [4.69, 9.17) is 0 Å². The predicted octanol–water partition coefficient (Wildman–Crippen LogP) is 2.99. The molecule has 1 N–H and O–H groups in total. The molecule has 1 aromatic heterocycles. The summed E-state index contributed by atoms with van der Waals surface area (Å²) in [7, 11) is 2.13. The van der Waals surface area contributed by atoms with Gasteiger partial charge in [0, 0.05) is 37.3 Å². The van der Waals surface area contributed by atoms with E-state index in [0.717, 1.165) is 41.5 Å².